The quantitative estimate of drug-likeness (QED) is 0.527. The van der Waals surface area contributed by atoms with Gasteiger partial charge in [0.1, 0.15) is 18.1 Å². The van der Waals surface area contributed by atoms with Crippen LogP contribution in [-0.4, -0.2) is 48.8 Å². The number of methoxy groups -OCH3 is 1. The Balaban J connectivity index is 1.30. The number of benzene rings is 2. The van der Waals surface area contributed by atoms with Crippen LogP contribution in [0.4, 0.5) is 0 Å². The number of rotatable bonds is 5. The molecule has 0 radical (unpaired) electrons. The highest BCUT2D eigenvalue weighted by Gasteiger charge is 2.44. The third kappa shape index (κ3) is 3.63. The van der Waals surface area contributed by atoms with Crippen LogP contribution in [-0.2, 0) is 10.3 Å². The summed E-state index contributed by atoms with van der Waals surface area (Å²) in [6.45, 7) is 2.09. The second-order valence-corrected chi connectivity index (χ2v) is 8.51. The van der Waals surface area contributed by atoms with Crippen molar-refractivity contribution in [3.05, 3.63) is 77.1 Å². The zero-order valence-corrected chi connectivity index (χ0v) is 18.7. The Morgan fingerprint density at radius 1 is 1.09 bits per heavy atom. The summed E-state index contributed by atoms with van der Waals surface area (Å²) in [5.74, 6) is 1.40. The summed E-state index contributed by atoms with van der Waals surface area (Å²) < 4.78 is 19.3. The molecule has 0 aliphatic carbocycles. The zero-order chi connectivity index (χ0) is 22.1. The Morgan fingerprint density at radius 3 is 2.69 bits per heavy atom. The lowest BCUT2D eigenvalue weighted by atomic mass is 9.86. The molecule has 3 aromatic rings. The Morgan fingerprint density at radius 2 is 1.91 bits per heavy atom. The molecule has 1 aromatic heterocycles. The van der Waals surface area contributed by atoms with E-state index in [-0.39, 0.29) is 5.91 Å². The van der Waals surface area contributed by atoms with Crippen LogP contribution in [0.15, 0.2) is 60.8 Å². The number of nitrogens with zero attached hydrogens (tertiary/aromatic N) is 2. The number of hydrogen-bond donors (Lipinski definition) is 0. The van der Waals surface area contributed by atoms with Gasteiger partial charge in [-0.2, -0.15) is 0 Å². The smallest absolute Gasteiger partial charge is 0.253 e. The van der Waals surface area contributed by atoms with Crippen molar-refractivity contribution in [3.63, 3.8) is 0 Å². The molecule has 1 saturated heterocycles. The maximum Gasteiger partial charge on any atom is 0.253 e. The van der Waals surface area contributed by atoms with E-state index in [0.29, 0.717) is 42.6 Å². The van der Waals surface area contributed by atoms with Crippen LogP contribution < -0.4 is 9.47 Å². The van der Waals surface area contributed by atoms with Crippen LogP contribution >= 0.6 is 11.6 Å². The fourth-order valence-corrected chi connectivity index (χ4v) is 4.80. The fourth-order valence-electron chi connectivity index (χ4n) is 4.57. The molecule has 6 nitrogen and oxygen atoms in total. The van der Waals surface area contributed by atoms with Gasteiger partial charge in [0.15, 0.2) is 5.60 Å². The maximum absolute atomic E-state index is 13.1. The van der Waals surface area contributed by atoms with E-state index in [1.807, 2.05) is 23.1 Å². The average molecular weight is 453 g/mol. The van der Waals surface area contributed by atoms with E-state index in [0.717, 1.165) is 30.0 Å². The molecule has 2 aliphatic rings. The monoisotopic (exact) mass is 452 g/mol. The van der Waals surface area contributed by atoms with Gasteiger partial charge in [-0.3, -0.25) is 4.79 Å². The molecule has 7 heteroatoms. The second kappa shape index (κ2) is 8.52. The Bertz CT molecular complexity index is 1130. The molecule has 0 bridgehead atoms. The number of para-hydroxylation sites is 2. The number of aromatic nitrogens is 1. The molecule has 0 saturated carbocycles. The lowest BCUT2D eigenvalue weighted by molar-refractivity contribution is -0.00930. The number of piperidine rings is 1. The molecular weight excluding hydrogens is 428 g/mol. The molecular formula is C25H25ClN2O4. The molecule has 1 spiro atoms. The molecule has 1 amide bonds. The molecule has 5 rings (SSSR count). The van der Waals surface area contributed by atoms with Crippen molar-refractivity contribution < 1.29 is 19.0 Å². The number of ether oxygens (including phenoxy) is 3. The van der Waals surface area contributed by atoms with Crippen molar-refractivity contribution >= 4 is 17.5 Å². The van der Waals surface area contributed by atoms with Gasteiger partial charge < -0.3 is 23.7 Å². The minimum atomic E-state index is -0.425. The van der Waals surface area contributed by atoms with E-state index >= 15 is 0 Å². The lowest BCUT2D eigenvalue weighted by Crippen LogP contribution is -2.50. The van der Waals surface area contributed by atoms with E-state index in [1.165, 1.54) is 0 Å². The second-order valence-electron chi connectivity index (χ2n) is 8.11. The van der Waals surface area contributed by atoms with E-state index in [2.05, 4.69) is 29.0 Å². The molecule has 1 fully saturated rings. The number of carbonyl (C=O) groups excluding carboxylic acids is 1. The highest BCUT2D eigenvalue weighted by molar-refractivity contribution is 6.32. The summed E-state index contributed by atoms with van der Waals surface area (Å²) >= 11 is 6.34. The highest BCUT2D eigenvalue weighted by atomic mass is 35.5. The van der Waals surface area contributed by atoms with Gasteiger partial charge in [0.2, 0.25) is 0 Å². The van der Waals surface area contributed by atoms with Crippen molar-refractivity contribution in [2.75, 3.05) is 33.4 Å². The van der Waals surface area contributed by atoms with Gasteiger partial charge in [-0.25, -0.2) is 0 Å². The van der Waals surface area contributed by atoms with E-state index < -0.39 is 5.60 Å². The first-order valence-electron chi connectivity index (χ1n) is 10.8. The number of carbonyl (C=O) groups is 1. The largest absolute Gasteiger partial charge is 0.490 e. The maximum atomic E-state index is 13.1. The van der Waals surface area contributed by atoms with Gasteiger partial charge in [0, 0.05) is 44.8 Å². The summed E-state index contributed by atoms with van der Waals surface area (Å²) in [5, 5.41) is 0.422. The summed E-state index contributed by atoms with van der Waals surface area (Å²) in [5.41, 5.74) is 2.33. The predicted molar refractivity (Wildman–Crippen MR) is 122 cm³/mol. The molecule has 0 atom stereocenters. The molecule has 2 aliphatic heterocycles. The van der Waals surface area contributed by atoms with E-state index in [4.69, 9.17) is 25.8 Å². The number of amides is 1. The number of likely N-dealkylation sites (tertiary alicyclic amines) is 1. The summed E-state index contributed by atoms with van der Waals surface area (Å²) in [6.07, 6.45) is 3.53. The van der Waals surface area contributed by atoms with E-state index in [9.17, 15) is 4.79 Å². The van der Waals surface area contributed by atoms with Crippen molar-refractivity contribution in [3.8, 4) is 17.2 Å². The van der Waals surface area contributed by atoms with Crippen LogP contribution in [0.25, 0.3) is 5.69 Å². The molecule has 2 aromatic carbocycles. The number of fused-ring (bicyclic) bond motifs is 4. The van der Waals surface area contributed by atoms with Crippen LogP contribution in [0.1, 0.15) is 28.9 Å². The van der Waals surface area contributed by atoms with Crippen LogP contribution in [0.3, 0.4) is 0 Å². The first kappa shape index (κ1) is 20.9. The molecule has 32 heavy (non-hydrogen) atoms. The van der Waals surface area contributed by atoms with Crippen LogP contribution in [0.2, 0.25) is 5.02 Å². The van der Waals surface area contributed by atoms with Gasteiger partial charge in [0.25, 0.3) is 5.91 Å². The van der Waals surface area contributed by atoms with Crippen molar-refractivity contribution in [1.29, 1.82) is 0 Å². The summed E-state index contributed by atoms with van der Waals surface area (Å²) in [6, 6.07) is 17.4. The standard InChI is InChI=1S/C25H25ClN2O4/c1-30-15-16-31-21-9-8-18(17-19(21)26)24(29)27-13-10-25(11-14-27)23-7-4-12-28(23)20-5-2-3-6-22(20)32-25/h2-9,12,17H,10-11,13-16H2,1H3. The summed E-state index contributed by atoms with van der Waals surface area (Å²) in [4.78, 5) is 15.0. The van der Waals surface area contributed by atoms with Gasteiger partial charge in [0.05, 0.1) is 23.0 Å². The normalized spacial score (nSPS) is 16.2. The molecule has 0 unspecified atom stereocenters. The van der Waals surface area contributed by atoms with Crippen LogP contribution in [0.5, 0.6) is 11.5 Å². The number of hydrogen-bond acceptors (Lipinski definition) is 4. The van der Waals surface area contributed by atoms with E-state index in [1.54, 1.807) is 25.3 Å². The predicted octanol–water partition coefficient (Wildman–Crippen LogP) is 4.68. The lowest BCUT2D eigenvalue weighted by Gasteiger charge is -2.45. The van der Waals surface area contributed by atoms with Gasteiger partial charge in [-0.05, 0) is 42.5 Å². The van der Waals surface area contributed by atoms with Crippen LogP contribution in [0, 0.1) is 0 Å². The minimum Gasteiger partial charge on any atom is -0.490 e. The first-order chi connectivity index (χ1) is 15.6. The Labute approximate surface area is 192 Å². The van der Waals surface area contributed by atoms with Gasteiger partial charge in [-0.1, -0.05) is 23.7 Å². The van der Waals surface area contributed by atoms with Crippen molar-refractivity contribution in [2.45, 2.75) is 18.4 Å². The Hall–Kier alpha value is -2.96. The Kier molecular flexibility index (Phi) is 5.57. The fraction of sp³-hybridized carbons (Fsp3) is 0.320. The topological polar surface area (TPSA) is 52.9 Å². The average Bonchev–Trinajstić information content (AvgIpc) is 3.32. The van der Waals surface area contributed by atoms with Crippen molar-refractivity contribution in [1.82, 2.24) is 9.47 Å². The molecule has 0 N–H and O–H groups in total. The summed E-state index contributed by atoms with van der Waals surface area (Å²) in [7, 11) is 1.61. The molecule has 3 heterocycles. The van der Waals surface area contributed by atoms with Gasteiger partial charge in [-0.15, -0.1) is 0 Å². The molecule has 166 valence electrons. The van der Waals surface area contributed by atoms with Crippen molar-refractivity contribution in [2.24, 2.45) is 0 Å². The minimum absolute atomic E-state index is 0.0308. The SMILES string of the molecule is COCCOc1ccc(C(=O)N2CCC3(CC2)Oc2ccccc2-n2cccc23)cc1Cl. The zero-order valence-electron chi connectivity index (χ0n) is 17.9. The third-order valence-electron chi connectivity index (χ3n) is 6.23. The van der Waals surface area contributed by atoms with Gasteiger partial charge >= 0.3 is 0 Å². The third-order valence-corrected chi connectivity index (χ3v) is 6.52. The highest BCUT2D eigenvalue weighted by Crippen LogP contribution is 2.45. The number of halogens is 1. The first-order valence-corrected chi connectivity index (χ1v) is 11.2.